The van der Waals surface area contributed by atoms with E-state index in [0.717, 1.165) is 39.9 Å². The zero-order valence-electron chi connectivity index (χ0n) is 18.9. The lowest BCUT2D eigenvalue weighted by Crippen LogP contribution is -2.48. The summed E-state index contributed by atoms with van der Waals surface area (Å²) >= 11 is 1.56. The van der Waals surface area contributed by atoms with Crippen molar-refractivity contribution in [2.75, 3.05) is 5.32 Å². The van der Waals surface area contributed by atoms with E-state index in [2.05, 4.69) is 15.7 Å². The molecule has 0 unspecified atom stereocenters. The van der Waals surface area contributed by atoms with Gasteiger partial charge in [0.25, 0.3) is 5.91 Å². The number of anilines is 1. The maximum absolute atomic E-state index is 13.5. The number of fused-ring (bicyclic) bond motifs is 1. The summed E-state index contributed by atoms with van der Waals surface area (Å²) in [7, 11) is 0. The number of carbonyl (C=O) groups excluding carboxylic acids is 1. The number of carbonyl (C=O) groups is 1. The van der Waals surface area contributed by atoms with Crippen LogP contribution in [0, 0.1) is 17.8 Å². The molecule has 4 bridgehead atoms. The number of hydrogen-bond donors (Lipinski definition) is 1. The Morgan fingerprint density at radius 3 is 2.38 bits per heavy atom. The molecule has 0 saturated heterocycles. The van der Waals surface area contributed by atoms with Crippen LogP contribution in [0.15, 0.2) is 60.2 Å². The van der Waals surface area contributed by atoms with E-state index in [0.29, 0.717) is 10.7 Å². The highest BCUT2D eigenvalue weighted by molar-refractivity contribution is 7.14. The van der Waals surface area contributed by atoms with Crippen molar-refractivity contribution < 1.29 is 4.79 Å². The highest BCUT2D eigenvalue weighted by Gasteiger charge is 2.52. The van der Waals surface area contributed by atoms with Gasteiger partial charge in [0, 0.05) is 34.1 Å². The first-order valence-electron chi connectivity index (χ1n) is 12.2. The van der Waals surface area contributed by atoms with Crippen LogP contribution in [-0.2, 0) is 5.41 Å². The summed E-state index contributed by atoms with van der Waals surface area (Å²) in [6.45, 7) is 0. The Balaban J connectivity index is 1.20. The average molecular weight is 467 g/mol. The van der Waals surface area contributed by atoms with E-state index >= 15 is 0 Å². The summed E-state index contributed by atoms with van der Waals surface area (Å²) in [6.07, 6.45) is 11.6. The van der Waals surface area contributed by atoms with Crippen molar-refractivity contribution in [1.82, 2.24) is 15.0 Å². The Hall–Kier alpha value is -3.12. The average Bonchev–Trinajstić information content (AvgIpc) is 3.32. The van der Waals surface area contributed by atoms with Gasteiger partial charge >= 0.3 is 0 Å². The fourth-order valence-corrected chi connectivity index (χ4v) is 8.03. The maximum Gasteiger partial charge on any atom is 0.258 e. The second-order valence-corrected chi connectivity index (χ2v) is 11.4. The van der Waals surface area contributed by atoms with Gasteiger partial charge in [0.2, 0.25) is 0 Å². The quantitative estimate of drug-likeness (QED) is 0.374. The minimum atomic E-state index is -0.139. The summed E-state index contributed by atoms with van der Waals surface area (Å²) in [5.74, 6) is 2.49. The molecule has 0 radical (unpaired) electrons. The van der Waals surface area contributed by atoms with E-state index in [1.165, 1.54) is 44.2 Å². The number of benzene rings is 1. The normalized spacial score (nSPS) is 27.2. The van der Waals surface area contributed by atoms with Crippen molar-refractivity contribution in [2.45, 2.75) is 43.9 Å². The van der Waals surface area contributed by atoms with E-state index in [1.807, 2.05) is 42.5 Å². The predicted molar refractivity (Wildman–Crippen MR) is 135 cm³/mol. The van der Waals surface area contributed by atoms with Gasteiger partial charge in [0.05, 0.1) is 22.5 Å². The van der Waals surface area contributed by atoms with Crippen LogP contribution in [0.4, 0.5) is 5.13 Å². The van der Waals surface area contributed by atoms with Crippen LogP contribution in [-0.4, -0.2) is 20.9 Å². The van der Waals surface area contributed by atoms with Gasteiger partial charge in [-0.25, -0.2) is 9.97 Å². The van der Waals surface area contributed by atoms with Crippen molar-refractivity contribution in [3.63, 3.8) is 0 Å². The van der Waals surface area contributed by atoms with Crippen LogP contribution in [0.5, 0.6) is 0 Å². The highest BCUT2D eigenvalue weighted by atomic mass is 32.1. The van der Waals surface area contributed by atoms with Crippen molar-refractivity contribution in [2.24, 2.45) is 17.8 Å². The molecule has 3 heterocycles. The molecule has 0 aliphatic heterocycles. The third-order valence-electron chi connectivity index (χ3n) is 8.24. The molecule has 1 amide bonds. The number of hydrogen-bond acceptors (Lipinski definition) is 5. The SMILES string of the molecule is O=C(Nc1nc(C23CC4CC(CC(C4)C2)C3)cs1)c1cc(-c2ccncc2)nc2ccccc12. The monoisotopic (exact) mass is 466 g/mol. The first kappa shape index (κ1) is 20.3. The Kier molecular flexibility index (Phi) is 4.59. The largest absolute Gasteiger partial charge is 0.298 e. The zero-order chi connectivity index (χ0) is 22.7. The molecule has 6 heteroatoms. The predicted octanol–water partition coefficient (Wildman–Crippen LogP) is 6.47. The number of para-hydroxylation sites is 1. The molecule has 4 aliphatic rings. The van der Waals surface area contributed by atoms with Crippen LogP contribution >= 0.6 is 11.3 Å². The van der Waals surface area contributed by atoms with Gasteiger partial charge in [-0.05, 0) is 80.5 Å². The molecule has 34 heavy (non-hydrogen) atoms. The molecule has 170 valence electrons. The third kappa shape index (κ3) is 3.35. The molecule has 0 spiro atoms. The lowest BCUT2D eigenvalue weighted by molar-refractivity contribution is -0.00688. The number of rotatable bonds is 4. The number of amides is 1. The lowest BCUT2D eigenvalue weighted by Gasteiger charge is -2.56. The van der Waals surface area contributed by atoms with Gasteiger partial charge in [-0.15, -0.1) is 11.3 Å². The molecule has 4 fully saturated rings. The van der Waals surface area contributed by atoms with Crippen LogP contribution in [0.3, 0.4) is 0 Å². The fourth-order valence-electron chi connectivity index (χ4n) is 7.20. The van der Waals surface area contributed by atoms with Crippen molar-refractivity contribution >= 4 is 33.3 Å². The standard InChI is InChI=1S/C28H26N4OS/c33-26(22-12-24(20-5-7-29-8-6-20)30-23-4-2-1-3-21(22)23)32-27-31-25(16-34-27)28-13-17-9-18(14-28)11-19(10-17)15-28/h1-8,12,16-19H,9-11,13-15H2,(H,31,32,33). The minimum Gasteiger partial charge on any atom is -0.298 e. The molecule has 0 atom stereocenters. The lowest BCUT2D eigenvalue weighted by atomic mass is 9.49. The summed E-state index contributed by atoms with van der Waals surface area (Å²) < 4.78 is 0. The number of nitrogens with one attached hydrogen (secondary N) is 1. The van der Waals surface area contributed by atoms with Gasteiger partial charge in [0.1, 0.15) is 0 Å². The Morgan fingerprint density at radius 1 is 0.941 bits per heavy atom. The molecule has 4 aromatic rings. The van der Waals surface area contributed by atoms with Gasteiger partial charge in [-0.1, -0.05) is 18.2 Å². The molecule has 1 aromatic carbocycles. The molecule has 8 rings (SSSR count). The third-order valence-corrected chi connectivity index (χ3v) is 9.00. The summed E-state index contributed by atoms with van der Waals surface area (Å²) in [5.41, 5.74) is 4.57. The molecule has 5 nitrogen and oxygen atoms in total. The Morgan fingerprint density at radius 2 is 1.65 bits per heavy atom. The second-order valence-electron chi connectivity index (χ2n) is 10.5. The second kappa shape index (κ2) is 7.70. The topological polar surface area (TPSA) is 67.8 Å². The molecule has 4 aliphatic carbocycles. The number of thiazole rings is 1. The Labute approximate surface area is 202 Å². The van der Waals surface area contributed by atoms with Crippen LogP contribution in [0.1, 0.15) is 54.6 Å². The van der Waals surface area contributed by atoms with Crippen molar-refractivity contribution in [3.8, 4) is 11.3 Å². The van der Waals surface area contributed by atoms with E-state index in [9.17, 15) is 4.79 Å². The van der Waals surface area contributed by atoms with E-state index in [1.54, 1.807) is 23.7 Å². The Bertz CT molecular complexity index is 1360. The van der Waals surface area contributed by atoms with Crippen molar-refractivity contribution in [1.29, 1.82) is 0 Å². The van der Waals surface area contributed by atoms with Crippen molar-refractivity contribution in [3.05, 3.63) is 71.5 Å². The maximum atomic E-state index is 13.5. The summed E-state index contributed by atoms with van der Waals surface area (Å²) in [5, 5.41) is 6.85. The van der Waals surface area contributed by atoms with E-state index in [4.69, 9.17) is 9.97 Å². The van der Waals surface area contributed by atoms with Gasteiger partial charge in [-0.2, -0.15) is 0 Å². The molecular formula is C28H26N4OS. The highest BCUT2D eigenvalue weighted by Crippen LogP contribution is 2.60. The van der Waals surface area contributed by atoms with Gasteiger partial charge < -0.3 is 0 Å². The molecule has 1 N–H and O–H groups in total. The van der Waals surface area contributed by atoms with Crippen LogP contribution in [0.2, 0.25) is 0 Å². The fraction of sp³-hybridized carbons (Fsp3) is 0.357. The minimum absolute atomic E-state index is 0.139. The summed E-state index contributed by atoms with van der Waals surface area (Å²) in [4.78, 5) is 27.4. The number of nitrogens with zero attached hydrogens (tertiary/aromatic N) is 3. The molecule has 3 aromatic heterocycles. The smallest absolute Gasteiger partial charge is 0.258 e. The van der Waals surface area contributed by atoms with Gasteiger partial charge in [-0.3, -0.25) is 15.1 Å². The number of pyridine rings is 2. The van der Waals surface area contributed by atoms with E-state index < -0.39 is 0 Å². The van der Waals surface area contributed by atoms with E-state index in [-0.39, 0.29) is 11.3 Å². The summed E-state index contributed by atoms with van der Waals surface area (Å²) in [6, 6.07) is 13.5. The number of aromatic nitrogens is 3. The van der Waals surface area contributed by atoms with Crippen LogP contribution in [0.25, 0.3) is 22.2 Å². The molecular weight excluding hydrogens is 440 g/mol. The van der Waals surface area contributed by atoms with Crippen LogP contribution < -0.4 is 5.32 Å². The zero-order valence-corrected chi connectivity index (χ0v) is 19.7. The first-order valence-corrected chi connectivity index (χ1v) is 13.1. The molecule has 4 saturated carbocycles. The van der Waals surface area contributed by atoms with Gasteiger partial charge in [0.15, 0.2) is 5.13 Å². The first-order chi connectivity index (χ1) is 16.6.